The monoisotopic (exact) mass is 479 g/mol. The summed E-state index contributed by atoms with van der Waals surface area (Å²) in [6, 6.07) is 8.83. The first-order chi connectivity index (χ1) is 17.0. The third-order valence-electron chi connectivity index (χ3n) is 7.45. The maximum absolute atomic E-state index is 13.8. The molecule has 3 aromatic rings. The van der Waals surface area contributed by atoms with Crippen LogP contribution in [0.25, 0.3) is 10.9 Å². The zero-order valence-electron chi connectivity index (χ0n) is 20.2. The predicted octanol–water partition coefficient (Wildman–Crippen LogP) is 4.89. The fourth-order valence-electron chi connectivity index (χ4n) is 5.39. The van der Waals surface area contributed by atoms with Gasteiger partial charge in [-0.3, -0.25) is 4.79 Å². The molecule has 2 aromatic carbocycles. The van der Waals surface area contributed by atoms with E-state index in [4.69, 9.17) is 15.2 Å². The van der Waals surface area contributed by atoms with E-state index in [1.807, 2.05) is 6.20 Å². The Hall–Kier alpha value is -3.06. The fraction of sp³-hybridized carbons (Fsp3) is 0.464. The van der Waals surface area contributed by atoms with E-state index < -0.39 is 5.91 Å². The molecular formula is C28H34FN3O3. The number of ether oxygens (including phenoxy) is 2. The highest BCUT2D eigenvalue weighted by atomic mass is 19.1. The summed E-state index contributed by atoms with van der Waals surface area (Å²) in [4.78, 5) is 15.4. The number of hydrogen-bond acceptors (Lipinski definition) is 4. The molecule has 186 valence electrons. The molecule has 1 fully saturated rings. The van der Waals surface area contributed by atoms with Gasteiger partial charge < -0.3 is 25.5 Å². The number of halogens is 1. The van der Waals surface area contributed by atoms with Crippen molar-refractivity contribution in [3.63, 3.8) is 0 Å². The molecule has 2 unspecified atom stereocenters. The molecule has 1 aromatic heterocycles. The predicted molar refractivity (Wildman–Crippen MR) is 135 cm³/mol. The van der Waals surface area contributed by atoms with E-state index in [0.29, 0.717) is 48.7 Å². The van der Waals surface area contributed by atoms with Gasteiger partial charge in [-0.1, -0.05) is 13.3 Å². The average molecular weight is 480 g/mol. The zero-order chi connectivity index (χ0) is 24.4. The quantitative estimate of drug-likeness (QED) is 0.386. The second-order valence-corrected chi connectivity index (χ2v) is 9.85. The minimum atomic E-state index is -0.449. The van der Waals surface area contributed by atoms with Crippen LogP contribution in [0.3, 0.4) is 0 Å². The Bertz CT molecular complexity index is 1200. The second kappa shape index (κ2) is 10.3. The molecule has 2 atom stereocenters. The molecule has 6 nitrogen and oxygen atoms in total. The minimum Gasteiger partial charge on any atom is -0.490 e. The number of aromatic amines is 1. The molecule has 1 aliphatic carbocycles. The first kappa shape index (κ1) is 23.7. The fourth-order valence-corrected chi connectivity index (χ4v) is 5.39. The van der Waals surface area contributed by atoms with Gasteiger partial charge in [0.15, 0.2) is 11.5 Å². The highest BCUT2D eigenvalue weighted by Gasteiger charge is 2.32. The Morgan fingerprint density at radius 3 is 2.91 bits per heavy atom. The summed E-state index contributed by atoms with van der Waals surface area (Å²) in [5.41, 5.74) is 9.12. The number of aryl methyl sites for hydroxylation is 1. The van der Waals surface area contributed by atoms with Gasteiger partial charge in [0.25, 0.3) is 0 Å². The smallest absolute Gasteiger partial charge is 0.249 e. The van der Waals surface area contributed by atoms with Crippen LogP contribution in [0.2, 0.25) is 0 Å². The maximum atomic E-state index is 13.8. The zero-order valence-corrected chi connectivity index (χ0v) is 20.2. The normalized spacial score (nSPS) is 18.5. The van der Waals surface area contributed by atoms with Gasteiger partial charge in [0.2, 0.25) is 5.91 Å². The number of fused-ring (bicyclic) bond motifs is 2. The van der Waals surface area contributed by atoms with E-state index in [2.05, 4.69) is 17.2 Å². The number of primary amides is 1. The average Bonchev–Trinajstić information content (AvgIpc) is 3.21. The molecule has 0 saturated heterocycles. The number of rotatable bonds is 10. The summed E-state index contributed by atoms with van der Waals surface area (Å²) >= 11 is 0. The SMILES string of the molecule is CCCOc1ccc(C(N)=O)c2c1OCC(NC(CCc1c[nH]c3ccc(F)cc13)C1CCC1)C2. The van der Waals surface area contributed by atoms with Gasteiger partial charge in [-0.15, -0.1) is 0 Å². The molecule has 35 heavy (non-hydrogen) atoms. The third-order valence-corrected chi connectivity index (χ3v) is 7.45. The van der Waals surface area contributed by atoms with Crippen molar-refractivity contribution in [1.29, 1.82) is 0 Å². The van der Waals surface area contributed by atoms with Gasteiger partial charge in [-0.25, -0.2) is 4.39 Å². The molecule has 1 amide bonds. The van der Waals surface area contributed by atoms with E-state index in [1.165, 1.54) is 25.3 Å². The van der Waals surface area contributed by atoms with Crippen LogP contribution in [0.5, 0.6) is 11.5 Å². The van der Waals surface area contributed by atoms with Crippen molar-refractivity contribution >= 4 is 16.8 Å². The lowest BCUT2D eigenvalue weighted by Crippen LogP contribution is -2.49. The van der Waals surface area contributed by atoms with Gasteiger partial charge in [0.1, 0.15) is 12.4 Å². The number of nitrogens with two attached hydrogens (primary N) is 1. The lowest BCUT2D eigenvalue weighted by Gasteiger charge is -2.38. The lowest BCUT2D eigenvalue weighted by atomic mass is 9.77. The van der Waals surface area contributed by atoms with Crippen molar-refractivity contribution in [2.45, 2.75) is 64.0 Å². The molecule has 0 bridgehead atoms. The number of carbonyl (C=O) groups excluding carboxylic acids is 1. The Morgan fingerprint density at radius 2 is 2.17 bits per heavy atom. The van der Waals surface area contributed by atoms with Gasteiger partial charge in [0.05, 0.1) is 6.61 Å². The Balaban J connectivity index is 1.31. The van der Waals surface area contributed by atoms with E-state index in [1.54, 1.807) is 24.3 Å². The molecule has 1 saturated carbocycles. The number of aromatic nitrogens is 1. The molecule has 5 rings (SSSR count). The van der Waals surface area contributed by atoms with E-state index in [0.717, 1.165) is 41.3 Å². The standard InChI is InChI=1S/C28H34FN3O3/c1-2-12-34-26-11-8-21(28(30)33)23-14-20(16-35-27(23)26)32-24(17-4-3-5-17)9-6-18-15-31-25-10-7-19(29)13-22(18)25/h7-8,10-11,13,15,17,20,24,31-32H,2-6,9,12,14,16H2,1H3,(H2,30,33). The lowest BCUT2D eigenvalue weighted by molar-refractivity contribution is 0.0996. The molecule has 0 radical (unpaired) electrons. The summed E-state index contributed by atoms with van der Waals surface area (Å²) in [5, 5.41) is 4.80. The Kier molecular flexibility index (Phi) is 6.95. The first-order valence-corrected chi connectivity index (χ1v) is 12.8. The van der Waals surface area contributed by atoms with Crippen LogP contribution in [0.1, 0.15) is 60.5 Å². The summed E-state index contributed by atoms with van der Waals surface area (Å²) in [5.74, 6) is 1.28. The van der Waals surface area contributed by atoms with Gasteiger partial charge >= 0.3 is 0 Å². The maximum Gasteiger partial charge on any atom is 0.249 e. The van der Waals surface area contributed by atoms with Crippen molar-refractivity contribution in [3.05, 3.63) is 59.0 Å². The Labute approximate surface area is 205 Å². The molecule has 1 aliphatic heterocycles. The Morgan fingerprint density at radius 1 is 1.31 bits per heavy atom. The van der Waals surface area contributed by atoms with Crippen molar-refractivity contribution < 1.29 is 18.7 Å². The van der Waals surface area contributed by atoms with Crippen LogP contribution in [-0.2, 0) is 12.8 Å². The van der Waals surface area contributed by atoms with Crippen molar-refractivity contribution in [3.8, 4) is 11.5 Å². The van der Waals surface area contributed by atoms with Crippen LogP contribution < -0.4 is 20.5 Å². The summed E-state index contributed by atoms with van der Waals surface area (Å²) in [6.45, 7) is 3.16. The van der Waals surface area contributed by atoms with Crippen LogP contribution in [0.4, 0.5) is 4.39 Å². The summed E-state index contributed by atoms with van der Waals surface area (Å²) in [7, 11) is 0. The van der Waals surface area contributed by atoms with Crippen LogP contribution in [-0.4, -0.2) is 36.2 Å². The number of carbonyl (C=O) groups is 1. The molecule has 0 spiro atoms. The van der Waals surface area contributed by atoms with Gasteiger partial charge in [0, 0.05) is 40.3 Å². The number of nitrogens with one attached hydrogen (secondary N) is 2. The highest BCUT2D eigenvalue weighted by molar-refractivity contribution is 5.95. The van der Waals surface area contributed by atoms with Crippen LogP contribution >= 0.6 is 0 Å². The third kappa shape index (κ3) is 5.01. The second-order valence-electron chi connectivity index (χ2n) is 9.85. The summed E-state index contributed by atoms with van der Waals surface area (Å²) in [6.07, 6.45) is 9.07. The van der Waals surface area contributed by atoms with Crippen molar-refractivity contribution in [2.75, 3.05) is 13.2 Å². The van der Waals surface area contributed by atoms with Crippen LogP contribution in [0.15, 0.2) is 36.5 Å². The molecule has 2 heterocycles. The first-order valence-electron chi connectivity index (χ1n) is 12.8. The van der Waals surface area contributed by atoms with Gasteiger partial charge in [-0.05, 0) is 80.3 Å². The molecule has 2 aliphatic rings. The minimum absolute atomic E-state index is 0.0769. The van der Waals surface area contributed by atoms with E-state index >= 15 is 0 Å². The number of amides is 1. The topological polar surface area (TPSA) is 89.4 Å². The number of hydrogen-bond donors (Lipinski definition) is 3. The van der Waals surface area contributed by atoms with E-state index in [-0.39, 0.29) is 11.9 Å². The van der Waals surface area contributed by atoms with E-state index in [9.17, 15) is 9.18 Å². The van der Waals surface area contributed by atoms with Gasteiger partial charge in [-0.2, -0.15) is 0 Å². The summed E-state index contributed by atoms with van der Waals surface area (Å²) < 4.78 is 25.9. The van der Waals surface area contributed by atoms with Crippen LogP contribution in [0, 0.1) is 11.7 Å². The highest BCUT2D eigenvalue weighted by Crippen LogP contribution is 2.38. The molecular weight excluding hydrogens is 445 g/mol. The molecule has 7 heteroatoms. The number of benzene rings is 2. The molecule has 4 N–H and O–H groups in total. The van der Waals surface area contributed by atoms with Crippen molar-refractivity contribution in [2.24, 2.45) is 11.7 Å². The number of H-pyrrole nitrogens is 1. The largest absolute Gasteiger partial charge is 0.490 e. The van der Waals surface area contributed by atoms with Crippen molar-refractivity contribution in [1.82, 2.24) is 10.3 Å².